The van der Waals surface area contributed by atoms with Crippen LogP contribution in [-0.4, -0.2) is 32.9 Å². The second kappa shape index (κ2) is 10.6. The van der Waals surface area contributed by atoms with E-state index >= 15 is 0 Å². The number of amides is 1. The van der Waals surface area contributed by atoms with Gasteiger partial charge in [-0.25, -0.2) is 4.79 Å². The summed E-state index contributed by atoms with van der Waals surface area (Å²) in [5.74, 6) is 0.821. The molecular formula is C27H27F3N4O3. The lowest BCUT2D eigenvalue weighted by molar-refractivity contribution is -0.137. The van der Waals surface area contributed by atoms with Gasteiger partial charge in [0, 0.05) is 35.8 Å². The number of hydrogen-bond donors (Lipinski definition) is 1. The number of halogens is 3. The van der Waals surface area contributed by atoms with Gasteiger partial charge >= 0.3 is 12.3 Å². The standard InChI is InChI=1S/C27H27F3N4O3/c1-26(2,3)36-25(35)32-22(14-17-4-8-21(9-5-17)27(28,29)30)10-11-23-33-24(34-37-23)19-6-7-20-16-31-13-12-18(20)15-19/h4-9,12-13,15-16,22H,10-11,14H2,1-3H3,(H,32,35)/t22-/m1/s1. The molecule has 0 bridgehead atoms. The fraction of sp³-hybridized carbons (Fsp3) is 0.333. The number of ether oxygens (including phenoxy) is 1. The Labute approximate surface area is 212 Å². The van der Waals surface area contributed by atoms with Gasteiger partial charge in [-0.1, -0.05) is 29.4 Å². The van der Waals surface area contributed by atoms with Crippen molar-refractivity contribution in [1.29, 1.82) is 0 Å². The first-order chi connectivity index (χ1) is 17.5. The van der Waals surface area contributed by atoms with Gasteiger partial charge in [0.15, 0.2) is 0 Å². The molecule has 37 heavy (non-hydrogen) atoms. The summed E-state index contributed by atoms with van der Waals surface area (Å²) in [7, 11) is 0. The van der Waals surface area contributed by atoms with Crippen LogP contribution in [0.3, 0.4) is 0 Å². The molecule has 0 radical (unpaired) electrons. The van der Waals surface area contributed by atoms with Crippen LogP contribution in [0.2, 0.25) is 0 Å². The van der Waals surface area contributed by atoms with Gasteiger partial charge in [-0.15, -0.1) is 0 Å². The van der Waals surface area contributed by atoms with Crippen LogP contribution in [0.1, 0.15) is 44.2 Å². The third kappa shape index (κ3) is 7.28. The summed E-state index contributed by atoms with van der Waals surface area (Å²) in [6.45, 7) is 5.25. The number of carbonyl (C=O) groups is 1. The molecule has 4 aromatic rings. The van der Waals surface area contributed by atoms with Crippen molar-refractivity contribution in [2.45, 2.75) is 57.9 Å². The Kier molecular flexibility index (Phi) is 7.47. The minimum atomic E-state index is -4.41. The number of carbonyl (C=O) groups excluding carboxylic acids is 1. The Morgan fingerprint density at radius 1 is 1.05 bits per heavy atom. The number of nitrogens with one attached hydrogen (secondary N) is 1. The van der Waals surface area contributed by atoms with Crippen molar-refractivity contribution in [2.75, 3.05) is 0 Å². The van der Waals surface area contributed by atoms with Crippen LogP contribution in [0.5, 0.6) is 0 Å². The number of benzene rings is 2. The molecule has 0 saturated carbocycles. The number of aryl methyl sites for hydroxylation is 1. The topological polar surface area (TPSA) is 90.1 Å². The summed E-state index contributed by atoms with van der Waals surface area (Å²) < 4.78 is 49.6. The number of fused-ring (bicyclic) bond motifs is 1. The van der Waals surface area contributed by atoms with E-state index in [1.165, 1.54) is 12.1 Å². The SMILES string of the molecule is CC(C)(C)OC(=O)N[C@H](CCc1nc(-c2ccc3cnccc3c2)no1)Cc1ccc(C(F)(F)F)cc1. The van der Waals surface area contributed by atoms with Crippen LogP contribution in [0.4, 0.5) is 18.0 Å². The summed E-state index contributed by atoms with van der Waals surface area (Å²) in [4.78, 5) is 21.0. The molecule has 2 aromatic carbocycles. The predicted molar refractivity (Wildman–Crippen MR) is 132 cm³/mol. The van der Waals surface area contributed by atoms with Crippen LogP contribution >= 0.6 is 0 Å². The van der Waals surface area contributed by atoms with E-state index in [-0.39, 0.29) is 0 Å². The Hall–Kier alpha value is -3.95. The molecule has 0 aliphatic carbocycles. The summed E-state index contributed by atoms with van der Waals surface area (Å²) in [6.07, 6.45) is -0.475. The average molecular weight is 513 g/mol. The fourth-order valence-electron chi connectivity index (χ4n) is 3.81. The zero-order chi connectivity index (χ0) is 26.6. The van der Waals surface area contributed by atoms with Crippen molar-refractivity contribution in [3.63, 3.8) is 0 Å². The van der Waals surface area contributed by atoms with Gasteiger partial charge in [0.2, 0.25) is 11.7 Å². The van der Waals surface area contributed by atoms with Crippen LogP contribution < -0.4 is 5.32 Å². The smallest absolute Gasteiger partial charge is 0.416 e. The first-order valence-corrected chi connectivity index (χ1v) is 11.8. The van der Waals surface area contributed by atoms with Gasteiger partial charge in [-0.05, 0) is 68.8 Å². The van der Waals surface area contributed by atoms with Crippen LogP contribution in [0.15, 0.2) is 65.4 Å². The molecule has 10 heteroatoms. The van der Waals surface area contributed by atoms with Gasteiger partial charge in [0.05, 0.1) is 5.56 Å². The Bertz CT molecular complexity index is 1360. The Morgan fingerprint density at radius 3 is 2.51 bits per heavy atom. The molecule has 0 unspecified atom stereocenters. The van der Waals surface area contributed by atoms with Crippen molar-refractivity contribution in [2.24, 2.45) is 0 Å². The maximum Gasteiger partial charge on any atom is 0.416 e. The van der Waals surface area contributed by atoms with Crippen LogP contribution in [-0.2, 0) is 23.8 Å². The van der Waals surface area contributed by atoms with E-state index in [9.17, 15) is 18.0 Å². The Balaban J connectivity index is 1.46. The number of hydrogen-bond acceptors (Lipinski definition) is 6. The van der Waals surface area contributed by atoms with Crippen molar-refractivity contribution in [1.82, 2.24) is 20.4 Å². The number of pyridine rings is 1. The van der Waals surface area contributed by atoms with Crippen molar-refractivity contribution in [3.05, 3.63) is 77.9 Å². The lowest BCUT2D eigenvalue weighted by atomic mass is 10.0. The Morgan fingerprint density at radius 2 is 1.81 bits per heavy atom. The highest BCUT2D eigenvalue weighted by Gasteiger charge is 2.30. The minimum Gasteiger partial charge on any atom is -0.444 e. The van der Waals surface area contributed by atoms with Gasteiger partial charge in [0.25, 0.3) is 0 Å². The second-order valence-electron chi connectivity index (χ2n) is 9.73. The molecule has 2 heterocycles. The molecule has 0 aliphatic rings. The summed E-state index contributed by atoms with van der Waals surface area (Å²) >= 11 is 0. The van der Waals surface area contributed by atoms with Gasteiger partial charge in [-0.2, -0.15) is 18.2 Å². The lowest BCUT2D eigenvalue weighted by Gasteiger charge is -2.23. The van der Waals surface area contributed by atoms with Crippen molar-refractivity contribution >= 4 is 16.9 Å². The molecule has 2 aromatic heterocycles. The lowest BCUT2D eigenvalue weighted by Crippen LogP contribution is -2.40. The zero-order valence-corrected chi connectivity index (χ0v) is 20.7. The highest BCUT2D eigenvalue weighted by Crippen LogP contribution is 2.29. The maximum absolute atomic E-state index is 12.9. The molecule has 1 amide bonds. The third-order valence-corrected chi connectivity index (χ3v) is 5.56. The number of nitrogens with zero attached hydrogens (tertiary/aromatic N) is 3. The van der Waals surface area contributed by atoms with E-state index in [4.69, 9.17) is 9.26 Å². The average Bonchev–Trinajstić information content (AvgIpc) is 3.30. The zero-order valence-electron chi connectivity index (χ0n) is 20.7. The monoisotopic (exact) mass is 512 g/mol. The minimum absolute atomic E-state index is 0.303. The van der Waals surface area contributed by atoms with E-state index in [0.29, 0.717) is 36.5 Å². The van der Waals surface area contributed by atoms with E-state index in [2.05, 4.69) is 20.4 Å². The van der Waals surface area contributed by atoms with E-state index < -0.39 is 29.5 Å². The molecular weight excluding hydrogens is 485 g/mol. The normalized spacial score (nSPS) is 12.9. The van der Waals surface area contributed by atoms with Crippen molar-refractivity contribution < 1.29 is 27.2 Å². The highest BCUT2D eigenvalue weighted by atomic mass is 19.4. The molecule has 1 atom stereocenters. The molecule has 1 N–H and O–H groups in total. The molecule has 0 saturated heterocycles. The molecule has 4 rings (SSSR count). The fourth-order valence-corrected chi connectivity index (χ4v) is 3.81. The largest absolute Gasteiger partial charge is 0.444 e. The van der Waals surface area contributed by atoms with Gasteiger partial charge < -0.3 is 14.6 Å². The number of alkyl halides is 3. The first-order valence-electron chi connectivity index (χ1n) is 11.8. The third-order valence-electron chi connectivity index (χ3n) is 5.56. The number of rotatable bonds is 7. The maximum atomic E-state index is 12.9. The molecule has 0 spiro atoms. The first kappa shape index (κ1) is 26.1. The number of aromatic nitrogens is 3. The van der Waals surface area contributed by atoms with Crippen LogP contribution in [0, 0.1) is 0 Å². The van der Waals surface area contributed by atoms with Gasteiger partial charge in [-0.3, -0.25) is 4.98 Å². The van der Waals surface area contributed by atoms with Gasteiger partial charge in [0.1, 0.15) is 5.60 Å². The molecule has 0 fully saturated rings. The summed E-state index contributed by atoms with van der Waals surface area (Å²) in [5, 5.41) is 8.89. The quantitative estimate of drug-likeness (QED) is 0.309. The second-order valence-corrected chi connectivity index (χ2v) is 9.73. The molecule has 0 aliphatic heterocycles. The van der Waals surface area contributed by atoms with Crippen LogP contribution in [0.25, 0.3) is 22.2 Å². The summed E-state index contributed by atoms with van der Waals surface area (Å²) in [6, 6.07) is 12.1. The van der Waals surface area contributed by atoms with E-state index in [0.717, 1.165) is 28.5 Å². The molecule has 7 nitrogen and oxygen atoms in total. The van der Waals surface area contributed by atoms with E-state index in [1.54, 1.807) is 33.2 Å². The highest BCUT2D eigenvalue weighted by molar-refractivity contribution is 5.85. The molecule has 194 valence electrons. The van der Waals surface area contributed by atoms with Crippen molar-refractivity contribution in [3.8, 4) is 11.4 Å². The number of alkyl carbamates (subject to hydrolysis) is 1. The van der Waals surface area contributed by atoms with E-state index in [1.807, 2.05) is 24.3 Å². The predicted octanol–water partition coefficient (Wildman–Crippen LogP) is 6.37. The summed E-state index contributed by atoms with van der Waals surface area (Å²) in [5.41, 5.74) is 0.0179.